The fourth-order valence-corrected chi connectivity index (χ4v) is 2.99. The lowest BCUT2D eigenvalue weighted by Gasteiger charge is -2.26. The Bertz CT molecular complexity index is 736. The average Bonchev–Trinajstić information content (AvgIpc) is 2.90. The SMILES string of the molecule is Cn1ncc(C(=O)O)c1C(=O)N[C@H]1CCCc2ccccc21. The van der Waals surface area contributed by atoms with E-state index >= 15 is 0 Å². The predicted octanol–water partition coefficient (Wildman–Crippen LogP) is 1.93. The van der Waals surface area contributed by atoms with Gasteiger partial charge in [-0.05, 0) is 30.4 Å². The third kappa shape index (κ3) is 2.47. The van der Waals surface area contributed by atoms with E-state index in [9.17, 15) is 9.59 Å². The Morgan fingerprint density at radius 1 is 1.36 bits per heavy atom. The lowest BCUT2D eigenvalue weighted by Crippen LogP contribution is -2.33. The topological polar surface area (TPSA) is 84.2 Å². The van der Waals surface area contributed by atoms with Gasteiger partial charge in [0, 0.05) is 7.05 Å². The van der Waals surface area contributed by atoms with Crippen molar-refractivity contribution in [2.24, 2.45) is 7.05 Å². The zero-order valence-electron chi connectivity index (χ0n) is 12.2. The zero-order chi connectivity index (χ0) is 15.7. The molecule has 2 N–H and O–H groups in total. The van der Waals surface area contributed by atoms with Gasteiger partial charge in [-0.3, -0.25) is 9.48 Å². The second kappa shape index (κ2) is 5.63. The Morgan fingerprint density at radius 3 is 2.91 bits per heavy atom. The van der Waals surface area contributed by atoms with E-state index in [0.29, 0.717) is 0 Å². The van der Waals surface area contributed by atoms with Crippen LogP contribution in [0.25, 0.3) is 0 Å². The average molecular weight is 299 g/mol. The van der Waals surface area contributed by atoms with E-state index in [0.717, 1.165) is 24.8 Å². The van der Waals surface area contributed by atoms with E-state index in [2.05, 4.69) is 16.5 Å². The van der Waals surface area contributed by atoms with Crippen LogP contribution >= 0.6 is 0 Å². The summed E-state index contributed by atoms with van der Waals surface area (Å²) in [5.41, 5.74) is 2.35. The van der Waals surface area contributed by atoms with Gasteiger partial charge in [-0.15, -0.1) is 0 Å². The molecule has 1 aliphatic carbocycles. The second-order valence-corrected chi connectivity index (χ2v) is 5.45. The van der Waals surface area contributed by atoms with Gasteiger partial charge in [0.1, 0.15) is 11.3 Å². The fourth-order valence-electron chi connectivity index (χ4n) is 2.99. The van der Waals surface area contributed by atoms with E-state index < -0.39 is 11.9 Å². The lowest BCUT2D eigenvalue weighted by atomic mass is 9.87. The summed E-state index contributed by atoms with van der Waals surface area (Å²) in [4.78, 5) is 23.7. The molecule has 0 bridgehead atoms. The van der Waals surface area contributed by atoms with E-state index in [1.165, 1.54) is 16.4 Å². The lowest BCUT2D eigenvalue weighted by molar-refractivity contribution is 0.0689. The number of carboxylic acid groups (broad SMARTS) is 1. The van der Waals surface area contributed by atoms with Crippen LogP contribution in [0.3, 0.4) is 0 Å². The van der Waals surface area contributed by atoms with Gasteiger partial charge in [-0.1, -0.05) is 24.3 Å². The van der Waals surface area contributed by atoms with Crippen molar-refractivity contribution in [3.63, 3.8) is 0 Å². The highest BCUT2D eigenvalue weighted by Gasteiger charge is 2.26. The molecule has 0 saturated heterocycles. The summed E-state index contributed by atoms with van der Waals surface area (Å²) >= 11 is 0. The van der Waals surface area contributed by atoms with Crippen molar-refractivity contribution in [1.82, 2.24) is 15.1 Å². The Hall–Kier alpha value is -2.63. The monoisotopic (exact) mass is 299 g/mol. The number of carbonyl (C=O) groups is 2. The number of nitrogens with one attached hydrogen (secondary N) is 1. The second-order valence-electron chi connectivity index (χ2n) is 5.45. The maximum atomic E-state index is 12.5. The standard InChI is InChI=1S/C16H17N3O3/c1-19-14(12(9-17-19)16(21)22)15(20)18-13-8-4-6-10-5-2-3-7-11(10)13/h2-3,5,7,9,13H,4,6,8H2,1H3,(H,18,20)(H,21,22)/t13-/m0/s1. The molecule has 1 amide bonds. The number of carbonyl (C=O) groups excluding carboxylic acids is 1. The highest BCUT2D eigenvalue weighted by Crippen LogP contribution is 2.29. The summed E-state index contributed by atoms with van der Waals surface area (Å²) in [6, 6.07) is 7.94. The quantitative estimate of drug-likeness (QED) is 0.907. The minimum absolute atomic E-state index is 0.0792. The molecule has 1 atom stereocenters. The van der Waals surface area contributed by atoms with Crippen molar-refractivity contribution in [2.75, 3.05) is 0 Å². The zero-order valence-corrected chi connectivity index (χ0v) is 12.2. The van der Waals surface area contributed by atoms with Gasteiger partial charge in [0.05, 0.1) is 12.2 Å². The number of carboxylic acids is 1. The van der Waals surface area contributed by atoms with Crippen molar-refractivity contribution >= 4 is 11.9 Å². The van der Waals surface area contributed by atoms with Gasteiger partial charge in [0.25, 0.3) is 5.91 Å². The summed E-state index contributed by atoms with van der Waals surface area (Å²) in [5.74, 6) is -1.55. The van der Waals surface area contributed by atoms with Gasteiger partial charge >= 0.3 is 5.97 Å². The molecule has 6 nitrogen and oxygen atoms in total. The van der Waals surface area contributed by atoms with E-state index in [1.807, 2.05) is 18.2 Å². The van der Waals surface area contributed by atoms with Crippen LogP contribution in [0.5, 0.6) is 0 Å². The number of aromatic nitrogens is 2. The highest BCUT2D eigenvalue weighted by atomic mass is 16.4. The molecule has 0 aliphatic heterocycles. The minimum Gasteiger partial charge on any atom is -0.478 e. The highest BCUT2D eigenvalue weighted by molar-refractivity contribution is 6.03. The molecule has 1 aromatic heterocycles. The normalized spacial score (nSPS) is 16.9. The number of hydrogen-bond donors (Lipinski definition) is 2. The van der Waals surface area contributed by atoms with Crippen LogP contribution in [-0.2, 0) is 13.5 Å². The molecular weight excluding hydrogens is 282 g/mol. The molecule has 3 rings (SSSR count). The van der Waals surface area contributed by atoms with Crippen molar-refractivity contribution in [1.29, 1.82) is 0 Å². The first-order valence-corrected chi connectivity index (χ1v) is 7.22. The summed E-state index contributed by atoms with van der Waals surface area (Å²) < 4.78 is 1.30. The molecule has 1 aliphatic rings. The van der Waals surface area contributed by atoms with Crippen LogP contribution in [-0.4, -0.2) is 26.8 Å². The van der Waals surface area contributed by atoms with E-state index in [4.69, 9.17) is 5.11 Å². The number of fused-ring (bicyclic) bond motifs is 1. The molecule has 1 heterocycles. The number of hydrogen-bond acceptors (Lipinski definition) is 3. The van der Waals surface area contributed by atoms with Crippen LogP contribution in [0.15, 0.2) is 30.5 Å². The number of aryl methyl sites for hydroxylation is 2. The Kier molecular flexibility index (Phi) is 3.66. The summed E-state index contributed by atoms with van der Waals surface area (Å²) in [6.07, 6.45) is 4.06. The Morgan fingerprint density at radius 2 is 2.14 bits per heavy atom. The van der Waals surface area contributed by atoms with Crippen molar-refractivity contribution in [3.05, 3.63) is 52.8 Å². The van der Waals surface area contributed by atoms with Crippen molar-refractivity contribution in [3.8, 4) is 0 Å². The first-order valence-electron chi connectivity index (χ1n) is 7.22. The van der Waals surface area contributed by atoms with Crippen LogP contribution in [0, 0.1) is 0 Å². The fraction of sp³-hybridized carbons (Fsp3) is 0.312. The maximum Gasteiger partial charge on any atom is 0.339 e. The van der Waals surface area contributed by atoms with Crippen LogP contribution in [0.1, 0.15) is 50.9 Å². The molecule has 22 heavy (non-hydrogen) atoms. The van der Waals surface area contributed by atoms with Crippen molar-refractivity contribution < 1.29 is 14.7 Å². The van der Waals surface area contributed by atoms with Gasteiger partial charge in [0.15, 0.2) is 0 Å². The summed E-state index contributed by atoms with van der Waals surface area (Å²) in [6.45, 7) is 0. The molecule has 0 unspecified atom stereocenters. The molecular formula is C16H17N3O3. The largest absolute Gasteiger partial charge is 0.478 e. The molecule has 114 valence electrons. The summed E-state index contributed by atoms with van der Waals surface area (Å²) in [5, 5.41) is 16.0. The first-order chi connectivity index (χ1) is 10.6. The molecule has 0 spiro atoms. The molecule has 0 saturated carbocycles. The van der Waals surface area contributed by atoms with Crippen LogP contribution < -0.4 is 5.32 Å². The Labute approximate surface area is 127 Å². The predicted molar refractivity (Wildman–Crippen MR) is 79.8 cm³/mol. The van der Waals surface area contributed by atoms with E-state index in [1.54, 1.807) is 7.05 Å². The molecule has 6 heteroatoms. The van der Waals surface area contributed by atoms with Gasteiger partial charge in [0.2, 0.25) is 0 Å². The molecule has 0 radical (unpaired) electrons. The number of amides is 1. The third-order valence-corrected chi connectivity index (χ3v) is 4.06. The minimum atomic E-state index is -1.15. The molecule has 1 aromatic carbocycles. The van der Waals surface area contributed by atoms with Gasteiger partial charge < -0.3 is 10.4 Å². The number of benzene rings is 1. The van der Waals surface area contributed by atoms with Crippen LogP contribution in [0.4, 0.5) is 0 Å². The third-order valence-electron chi connectivity index (χ3n) is 4.06. The first kappa shape index (κ1) is 14.3. The van der Waals surface area contributed by atoms with Gasteiger partial charge in [-0.2, -0.15) is 5.10 Å². The van der Waals surface area contributed by atoms with Crippen molar-refractivity contribution in [2.45, 2.75) is 25.3 Å². The molecule has 0 fully saturated rings. The Balaban J connectivity index is 1.87. The maximum absolute atomic E-state index is 12.5. The summed E-state index contributed by atoms with van der Waals surface area (Å²) in [7, 11) is 1.57. The number of nitrogens with zero attached hydrogens (tertiary/aromatic N) is 2. The van der Waals surface area contributed by atoms with E-state index in [-0.39, 0.29) is 17.3 Å². The van der Waals surface area contributed by atoms with Crippen LogP contribution in [0.2, 0.25) is 0 Å². The molecule has 2 aromatic rings. The number of aromatic carboxylic acids is 1. The van der Waals surface area contributed by atoms with Gasteiger partial charge in [-0.25, -0.2) is 4.79 Å². The smallest absolute Gasteiger partial charge is 0.339 e. The number of rotatable bonds is 3.